The molecule has 1 N–H and O–H groups in total. The largest absolute Gasteiger partial charge is 0.494 e. The third-order valence-electron chi connectivity index (χ3n) is 7.06. The molecular formula is C36H40ClN3O5S. The molecule has 0 unspecified atom stereocenters. The Morgan fingerprint density at radius 1 is 0.848 bits per heavy atom. The van der Waals surface area contributed by atoms with E-state index >= 15 is 0 Å². The maximum Gasteiger partial charge on any atom is 0.264 e. The van der Waals surface area contributed by atoms with Gasteiger partial charge in [0.05, 0.1) is 17.2 Å². The van der Waals surface area contributed by atoms with Crippen molar-refractivity contribution in [2.45, 2.75) is 57.1 Å². The molecule has 2 amide bonds. The predicted molar refractivity (Wildman–Crippen MR) is 182 cm³/mol. The zero-order valence-corrected chi connectivity index (χ0v) is 28.1. The number of halogens is 1. The van der Waals surface area contributed by atoms with Crippen LogP contribution in [0.5, 0.6) is 5.75 Å². The molecule has 0 saturated carbocycles. The molecule has 0 aliphatic rings. The fraction of sp³-hybridized carbons (Fsp3) is 0.278. The summed E-state index contributed by atoms with van der Waals surface area (Å²) in [5, 5.41) is 3.50. The first-order valence-corrected chi connectivity index (χ1v) is 16.9. The minimum Gasteiger partial charge on any atom is -0.494 e. The molecule has 4 rings (SSSR count). The van der Waals surface area contributed by atoms with Crippen LogP contribution < -0.4 is 14.4 Å². The number of anilines is 1. The van der Waals surface area contributed by atoms with Gasteiger partial charge in [-0.05, 0) is 87.4 Å². The first-order valence-electron chi connectivity index (χ1n) is 15.1. The lowest BCUT2D eigenvalue weighted by atomic mass is 10.0. The minimum absolute atomic E-state index is 0.0248. The standard InChI is InChI=1S/C36H40ClN3O5S/c1-5-45-31-21-19-30(20-22-31)40(46(43,44)32-17-10-7-11-18-32)26-34(41)39(25-28-15-12-16-29(37)23-28)33(35(42)38-36(2,3)4)24-27-13-8-6-9-14-27/h6-23,33H,5,24-26H2,1-4H3,(H,38,42)/t33-/m1/s1. The smallest absolute Gasteiger partial charge is 0.264 e. The summed E-state index contributed by atoms with van der Waals surface area (Å²) < 4.78 is 34.9. The number of carbonyl (C=O) groups excluding carboxylic acids is 2. The quantitative estimate of drug-likeness (QED) is 0.177. The third kappa shape index (κ3) is 9.34. The number of carbonyl (C=O) groups is 2. The van der Waals surface area contributed by atoms with Crippen LogP contribution >= 0.6 is 11.6 Å². The normalized spacial score (nSPS) is 12.2. The van der Waals surface area contributed by atoms with Gasteiger partial charge in [0, 0.05) is 23.5 Å². The Balaban J connectivity index is 1.81. The highest BCUT2D eigenvalue weighted by Gasteiger charge is 2.35. The number of hydrogen-bond donors (Lipinski definition) is 1. The zero-order chi connectivity index (χ0) is 33.3. The molecule has 0 aliphatic heterocycles. The number of benzene rings is 4. The van der Waals surface area contributed by atoms with E-state index in [1.54, 1.807) is 60.7 Å². The number of amides is 2. The molecular weight excluding hydrogens is 622 g/mol. The number of hydrogen-bond acceptors (Lipinski definition) is 5. The predicted octanol–water partition coefficient (Wildman–Crippen LogP) is 6.49. The molecule has 0 bridgehead atoms. The fourth-order valence-corrected chi connectivity index (χ4v) is 6.61. The number of sulfonamides is 1. The van der Waals surface area contributed by atoms with Crippen LogP contribution in [0.3, 0.4) is 0 Å². The van der Waals surface area contributed by atoms with E-state index < -0.39 is 34.1 Å². The maximum absolute atomic E-state index is 14.5. The second-order valence-corrected chi connectivity index (χ2v) is 14.1. The van der Waals surface area contributed by atoms with Gasteiger partial charge in [-0.15, -0.1) is 0 Å². The van der Waals surface area contributed by atoms with E-state index in [9.17, 15) is 18.0 Å². The van der Waals surface area contributed by atoms with E-state index in [4.69, 9.17) is 16.3 Å². The molecule has 0 aliphatic carbocycles. The number of ether oxygens (including phenoxy) is 1. The van der Waals surface area contributed by atoms with Crippen LogP contribution in [0, 0.1) is 0 Å². The maximum atomic E-state index is 14.5. The second kappa shape index (κ2) is 15.3. The van der Waals surface area contributed by atoms with Gasteiger partial charge in [-0.3, -0.25) is 13.9 Å². The molecule has 0 fully saturated rings. The summed E-state index contributed by atoms with van der Waals surface area (Å²) in [4.78, 5) is 30.0. The average molecular weight is 662 g/mol. The molecule has 10 heteroatoms. The van der Waals surface area contributed by atoms with Gasteiger partial charge in [-0.2, -0.15) is 0 Å². The monoisotopic (exact) mass is 661 g/mol. The summed E-state index contributed by atoms with van der Waals surface area (Å²) in [6.45, 7) is 7.38. The topological polar surface area (TPSA) is 96.0 Å². The average Bonchev–Trinajstić information content (AvgIpc) is 3.02. The molecule has 0 heterocycles. The van der Waals surface area contributed by atoms with Crippen molar-refractivity contribution in [2.75, 3.05) is 17.5 Å². The molecule has 242 valence electrons. The van der Waals surface area contributed by atoms with Crippen LogP contribution in [-0.4, -0.2) is 49.9 Å². The van der Waals surface area contributed by atoms with Crippen LogP contribution in [-0.2, 0) is 32.6 Å². The van der Waals surface area contributed by atoms with Crippen LogP contribution in [0.1, 0.15) is 38.8 Å². The van der Waals surface area contributed by atoms with Gasteiger partial charge in [0.1, 0.15) is 18.3 Å². The molecule has 4 aromatic carbocycles. The summed E-state index contributed by atoms with van der Waals surface area (Å²) >= 11 is 6.31. The molecule has 46 heavy (non-hydrogen) atoms. The van der Waals surface area contributed by atoms with Gasteiger partial charge in [-0.25, -0.2) is 8.42 Å². The number of nitrogens with zero attached hydrogens (tertiary/aromatic N) is 2. The molecule has 0 aromatic heterocycles. The van der Waals surface area contributed by atoms with Gasteiger partial charge in [0.15, 0.2) is 0 Å². The van der Waals surface area contributed by atoms with Crippen molar-refractivity contribution >= 4 is 39.1 Å². The Morgan fingerprint density at radius 3 is 2.04 bits per heavy atom. The molecule has 0 saturated heterocycles. The van der Waals surface area contributed by atoms with E-state index in [2.05, 4.69) is 5.32 Å². The number of rotatable bonds is 13. The Labute approximate surface area is 277 Å². The van der Waals surface area contributed by atoms with Gasteiger partial charge in [-0.1, -0.05) is 72.3 Å². The van der Waals surface area contributed by atoms with Gasteiger partial charge >= 0.3 is 0 Å². The summed E-state index contributed by atoms with van der Waals surface area (Å²) in [6.07, 6.45) is 0.212. The van der Waals surface area contributed by atoms with Crippen LogP contribution in [0.25, 0.3) is 0 Å². The van der Waals surface area contributed by atoms with Gasteiger partial charge in [0.25, 0.3) is 10.0 Å². The Morgan fingerprint density at radius 2 is 1.46 bits per heavy atom. The first kappa shape index (κ1) is 34.5. The first-order chi connectivity index (χ1) is 21.9. The third-order valence-corrected chi connectivity index (χ3v) is 9.08. The van der Waals surface area contributed by atoms with Crippen molar-refractivity contribution < 1.29 is 22.7 Å². The highest BCUT2D eigenvalue weighted by molar-refractivity contribution is 7.92. The van der Waals surface area contributed by atoms with Crippen molar-refractivity contribution in [1.29, 1.82) is 0 Å². The van der Waals surface area contributed by atoms with E-state index in [0.29, 0.717) is 22.9 Å². The highest BCUT2D eigenvalue weighted by Crippen LogP contribution is 2.27. The van der Waals surface area contributed by atoms with Crippen molar-refractivity contribution in [1.82, 2.24) is 10.2 Å². The van der Waals surface area contributed by atoms with Gasteiger partial charge in [0.2, 0.25) is 11.8 Å². The summed E-state index contributed by atoms with van der Waals surface area (Å²) in [5.41, 5.74) is 1.24. The lowest BCUT2D eigenvalue weighted by Gasteiger charge is -2.35. The van der Waals surface area contributed by atoms with Crippen molar-refractivity contribution in [3.63, 3.8) is 0 Å². The van der Waals surface area contributed by atoms with Crippen molar-refractivity contribution in [3.8, 4) is 5.75 Å². The highest BCUT2D eigenvalue weighted by atomic mass is 35.5. The fourth-order valence-electron chi connectivity index (χ4n) is 4.96. The SMILES string of the molecule is CCOc1ccc(N(CC(=O)N(Cc2cccc(Cl)c2)[C@H](Cc2ccccc2)C(=O)NC(C)(C)C)S(=O)(=O)c2ccccc2)cc1. The van der Waals surface area contributed by atoms with E-state index in [1.165, 1.54) is 17.0 Å². The molecule has 1 atom stereocenters. The van der Waals surface area contributed by atoms with Crippen LogP contribution in [0.15, 0.2) is 114 Å². The van der Waals surface area contributed by atoms with E-state index in [1.807, 2.05) is 64.1 Å². The molecule has 0 radical (unpaired) electrons. The van der Waals surface area contributed by atoms with Crippen LogP contribution in [0.4, 0.5) is 5.69 Å². The Kier molecular flexibility index (Phi) is 11.5. The van der Waals surface area contributed by atoms with E-state index in [-0.39, 0.29) is 29.5 Å². The summed E-state index contributed by atoms with van der Waals surface area (Å²) in [6, 6.07) is 30.0. The van der Waals surface area contributed by atoms with E-state index in [0.717, 1.165) is 9.87 Å². The van der Waals surface area contributed by atoms with Crippen LogP contribution in [0.2, 0.25) is 5.02 Å². The zero-order valence-electron chi connectivity index (χ0n) is 26.5. The number of nitrogens with one attached hydrogen (secondary N) is 1. The van der Waals surface area contributed by atoms with Gasteiger partial charge < -0.3 is 15.0 Å². The van der Waals surface area contributed by atoms with Crippen molar-refractivity contribution in [2.24, 2.45) is 0 Å². The van der Waals surface area contributed by atoms with Crippen molar-refractivity contribution in [3.05, 3.63) is 125 Å². The Hall–Kier alpha value is -4.34. The lowest BCUT2D eigenvalue weighted by Crippen LogP contribution is -2.56. The minimum atomic E-state index is -4.20. The summed E-state index contributed by atoms with van der Waals surface area (Å²) in [5.74, 6) is -0.345. The Bertz CT molecular complexity index is 1710. The summed E-state index contributed by atoms with van der Waals surface area (Å²) in [7, 11) is -4.20. The second-order valence-electron chi connectivity index (χ2n) is 11.8. The molecule has 4 aromatic rings. The lowest BCUT2D eigenvalue weighted by molar-refractivity contribution is -0.140. The molecule has 8 nitrogen and oxygen atoms in total. The molecule has 0 spiro atoms.